The van der Waals surface area contributed by atoms with Gasteiger partial charge < -0.3 is 9.90 Å². The van der Waals surface area contributed by atoms with Crippen molar-refractivity contribution in [2.45, 2.75) is 26.2 Å². The van der Waals surface area contributed by atoms with Gasteiger partial charge in [-0.25, -0.2) is 4.98 Å². The number of aryl methyl sites for hydroxylation is 1. The number of carboxylic acids is 1. The normalized spacial score (nSPS) is 12.8. The molecular formula is C10H10N3O3S-. The van der Waals surface area contributed by atoms with E-state index in [4.69, 9.17) is 0 Å². The molecule has 0 aliphatic carbocycles. The van der Waals surface area contributed by atoms with Crippen LogP contribution in [0.1, 0.15) is 30.0 Å². The van der Waals surface area contributed by atoms with Gasteiger partial charge in [0.2, 0.25) is 4.96 Å². The first kappa shape index (κ1) is 11.7. The van der Waals surface area contributed by atoms with Gasteiger partial charge in [0.15, 0.2) is 0 Å². The number of fused-ring (bicyclic) bond motifs is 1. The predicted octanol–water partition coefficient (Wildman–Crippen LogP) is -0.297. The Labute approximate surface area is 101 Å². The number of carbonyl (C=O) groups excluding carboxylic acids is 1. The topological polar surface area (TPSA) is 87.4 Å². The number of carbonyl (C=O) groups is 1. The lowest BCUT2D eigenvalue weighted by Gasteiger charge is -2.11. The number of nitrogens with zero attached hydrogens (tertiary/aromatic N) is 3. The minimum Gasteiger partial charge on any atom is -0.549 e. The summed E-state index contributed by atoms with van der Waals surface area (Å²) in [4.78, 5) is 27.1. The SMILES string of the molecule is CCC(C(=O)[O-])c1nn2c(=O)cc(C)nc2s1. The fourth-order valence-electron chi connectivity index (χ4n) is 1.52. The molecule has 1 atom stereocenters. The smallest absolute Gasteiger partial charge is 0.275 e. The van der Waals surface area contributed by atoms with Gasteiger partial charge in [0, 0.05) is 11.8 Å². The zero-order valence-electron chi connectivity index (χ0n) is 9.34. The van der Waals surface area contributed by atoms with Crippen LogP contribution in [0, 0.1) is 6.92 Å². The number of hydrogen-bond acceptors (Lipinski definition) is 6. The molecule has 0 radical (unpaired) electrons. The molecule has 0 amide bonds. The number of aliphatic carboxylic acids is 1. The van der Waals surface area contributed by atoms with Gasteiger partial charge in [0.05, 0.1) is 11.9 Å². The lowest BCUT2D eigenvalue weighted by atomic mass is 10.1. The third-order valence-electron chi connectivity index (χ3n) is 2.38. The van der Waals surface area contributed by atoms with E-state index in [0.717, 1.165) is 15.9 Å². The Bertz CT molecular complexity index is 631. The highest BCUT2D eigenvalue weighted by Gasteiger charge is 2.17. The first-order valence-electron chi connectivity index (χ1n) is 5.11. The fourth-order valence-corrected chi connectivity index (χ4v) is 2.64. The molecule has 0 bridgehead atoms. The molecule has 2 aromatic rings. The first-order chi connectivity index (χ1) is 8.02. The third-order valence-corrected chi connectivity index (χ3v) is 3.40. The summed E-state index contributed by atoms with van der Waals surface area (Å²) in [6, 6.07) is 1.36. The molecule has 7 heteroatoms. The zero-order chi connectivity index (χ0) is 12.6. The lowest BCUT2D eigenvalue weighted by Crippen LogP contribution is -2.29. The Balaban J connectivity index is 2.62. The highest BCUT2D eigenvalue weighted by Crippen LogP contribution is 2.23. The largest absolute Gasteiger partial charge is 0.549 e. The van der Waals surface area contributed by atoms with E-state index in [1.54, 1.807) is 13.8 Å². The first-order valence-corrected chi connectivity index (χ1v) is 5.93. The van der Waals surface area contributed by atoms with Crippen molar-refractivity contribution in [3.05, 3.63) is 27.1 Å². The van der Waals surface area contributed by atoms with Gasteiger partial charge in [-0.15, -0.1) is 0 Å². The van der Waals surface area contributed by atoms with E-state index in [2.05, 4.69) is 10.1 Å². The summed E-state index contributed by atoms with van der Waals surface area (Å²) in [5.41, 5.74) is 0.287. The molecule has 0 saturated heterocycles. The fraction of sp³-hybridized carbons (Fsp3) is 0.400. The van der Waals surface area contributed by atoms with Crippen LogP contribution in [0.4, 0.5) is 0 Å². The molecule has 0 aliphatic rings. The van der Waals surface area contributed by atoms with Crippen LogP contribution in [0.15, 0.2) is 10.9 Å². The van der Waals surface area contributed by atoms with Crippen molar-refractivity contribution in [2.75, 3.05) is 0 Å². The molecular weight excluding hydrogens is 242 g/mol. The second-order valence-corrected chi connectivity index (χ2v) is 4.64. The summed E-state index contributed by atoms with van der Waals surface area (Å²) < 4.78 is 1.12. The maximum Gasteiger partial charge on any atom is 0.275 e. The van der Waals surface area contributed by atoms with Crippen LogP contribution in [-0.2, 0) is 4.79 Å². The maximum absolute atomic E-state index is 11.6. The summed E-state index contributed by atoms with van der Waals surface area (Å²) in [5, 5.41) is 15.2. The molecule has 0 fully saturated rings. The number of hydrogen-bond donors (Lipinski definition) is 0. The molecule has 0 aliphatic heterocycles. The van der Waals surface area contributed by atoms with Gasteiger partial charge in [0.25, 0.3) is 5.56 Å². The van der Waals surface area contributed by atoms with E-state index in [0.29, 0.717) is 22.1 Å². The van der Waals surface area contributed by atoms with Crippen LogP contribution < -0.4 is 10.7 Å². The van der Waals surface area contributed by atoms with Crippen molar-refractivity contribution < 1.29 is 9.90 Å². The van der Waals surface area contributed by atoms with E-state index in [1.807, 2.05) is 0 Å². The van der Waals surface area contributed by atoms with E-state index in [9.17, 15) is 14.7 Å². The average molecular weight is 252 g/mol. The Kier molecular flexibility index (Phi) is 2.93. The molecule has 17 heavy (non-hydrogen) atoms. The van der Waals surface area contributed by atoms with E-state index < -0.39 is 11.9 Å². The third kappa shape index (κ3) is 2.05. The Morgan fingerprint density at radius 2 is 2.35 bits per heavy atom. The van der Waals surface area contributed by atoms with Crippen LogP contribution in [0.25, 0.3) is 4.96 Å². The van der Waals surface area contributed by atoms with Crippen LogP contribution in [0.2, 0.25) is 0 Å². The molecule has 2 rings (SSSR count). The van der Waals surface area contributed by atoms with Crippen molar-refractivity contribution in [1.82, 2.24) is 14.6 Å². The molecule has 1 unspecified atom stereocenters. The molecule has 90 valence electrons. The lowest BCUT2D eigenvalue weighted by molar-refractivity contribution is -0.308. The number of aromatic nitrogens is 3. The van der Waals surface area contributed by atoms with Gasteiger partial charge in [-0.05, 0) is 13.3 Å². The van der Waals surface area contributed by atoms with Gasteiger partial charge in [-0.3, -0.25) is 4.79 Å². The number of carboxylic acid groups (broad SMARTS) is 1. The van der Waals surface area contributed by atoms with Crippen LogP contribution >= 0.6 is 11.3 Å². The molecule has 2 aromatic heterocycles. The highest BCUT2D eigenvalue weighted by molar-refractivity contribution is 7.16. The van der Waals surface area contributed by atoms with Crippen molar-refractivity contribution in [2.24, 2.45) is 0 Å². The van der Waals surface area contributed by atoms with Crippen LogP contribution in [-0.4, -0.2) is 20.6 Å². The second kappa shape index (κ2) is 4.25. The quantitative estimate of drug-likeness (QED) is 0.748. The molecule has 6 nitrogen and oxygen atoms in total. The van der Waals surface area contributed by atoms with Crippen LogP contribution in [0.3, 0.4) is 0 Å². The minimum atomic E-state index is -1.18. The van der Waals surface area contributed by atoms with E-state index in [-0.39, 0.29) is 5.56 Å². The Morgan fingerprint density at radius 1 is 1.65 bits per heavy atom. The van der Waals surface area contributed by atoms with Crippen molar-refractivity contribution in [1.29, 1.82) is 0 Å². The Hall–Kier alpha value is -1.76. The highest BCUT2D eigenvalue weighted by atomic mass is 32.1. The van der Waals surface area contributed by atoms with Gasteiger partial charge in [-0.2, -0.15) is 9.61 Å². The van der Waals surface area contributed by atoms with E-state index >= 15 is 0 Å². The maximum atomic E-state index is 11.6. The molecule has 0 N–H and O–H groups in total. The standard InChI is InChI=1S/C10H11N3O3S/c1-3-6(9(15)16)8-12-13-7(14)4-5(2)11-10(13)17-8/h4,6H,3H2,1-2H3,(H,15,16)/p-1. The summed E-state index contributed by atoms with van der Waals surface area (Å²) in [7, 11) is 0. The second-order valence-electron chi connectivity index (χ2n) is 3.65. The summed E-state index contributed by atoms with van der Waals surface area (Å²) in [6.45, 7) is 3.44. The molecule has 0 saturated carbocycles. The van der Waals surface area contributed by atoms with Gasteiger partial charge >= 0.3 is 0 Å². The van der Waals surface area contributed by atoms with Crippen molar-refractivity contribution >= 4 is 22.3 Å². The summed E-state index contributed by atoms with van der Waals surface area (Å²) in [5.74, 6) is -1.97. The monoisotopic (exact) mass is 252 g/mol. The molecule has 0 spiro atoms. The molecule has 0 aromatic carbocycles. The van der Waals surface area contributed by atoms with Crippen LogP contribution in [0.5, 0.6) is 0 Å². The predicted molar refractivity (Wildman–Crippen MR) is 59.9 cm³/mol. The van der Waals surface area contributed by atoms with Gasteiger partial charge in [0.1, 0.15) is 5.01 Å². The van der Waals surface area contributed by atoms with Crippen molar-refractivity contribution in [3.63, 3.8) is 0 Å². The van der Waals surface area contributed by atoms with Gasteiger partial charge in [-0.1, -0.05) is 18.3 Å². The van der Waals surface area contributed by atoms with Crippen molar-refractivity contribution in [3.8, 4) is 0 Å². The Morgan fingerprint density at radius 3 is 2.94 bits per heavy atom. The minimum absolute atomic E-state index is 0.303. The molecule has 2 heterocycles. The number of rotatable bonds is 3. The zero-order valence-corrected chi connectivity index (χ0v) is 10.2. The van der Waals surface area contributed by atoms with E-state index in [1.165, 1.54) is 6.07 Å². The summed E-state index contributed by atoms with van der Waals surface area (Å²) >= 11 is 1.11. The summed E-state index contributed by atoms with van der Waals surface area (Å²) in [6.07, 6.45) is 0.371. The average Bonchev–Trinajstić information content (AvgIpc) is 2.61.